The molecule has 1 atom stereocenters. The highest BCUT2D eigenvalue weighted by Crippen LogP contribution is 2.33. The zero-order valence-electron chi connectivity index (χ0n) is 10.9. The third kappa shape index (κ3) is 3.16. The molecule has 2 rings (SSSR count). The number of nitro groups is 1. The van der Waals surface area contributed by atoms with Gasteiger partial charge in [-0.25, -0.2) is 0 Å². The Labute approximate surface area is 117 Å². The molecule has 0 aromatic heterocycles. The fraction of sp³-hybridized carbons (Fsp3) is 0.538. The molecule has 1 aliphatic rings. The lowest BCUT2D eigenvalue weighted by molar-refractivity contribution is -0.384. The van der Waals surface area contributed by atoms with Crippen LogP contribution in [-0.4, -0.2) is 31.1 Å². The van der Waals surface area contributed by atoms with Crippen molar-refractivity contribution in [3.63, 3.8) is 0 Å². The van der Waals surface area contributed by atoms with E-state index in [1.165, 1.54) is 18.6 Å². The average molecular weight is 284 g/mol. The van der Waals surface area contributed by atoms with Gasteiger partial charge in [0.15, 0.2) is 0 Å². The average Bonchev–Trinajstić information content (AvgIpc) is 2.40. The number of hydrogen-bond donors (Lipinski definition) is 1. The van der Waals surface area contributed by atoms with Gasteiger partial charge in [-0.05, 0) is 32.4 Å². The standard InChI is InChI=1S/C13H18ClN3O2/c1-15-9-11-4-2-3-7-16(11)13-6-5-10(17(18)19)8-12(13)14/h5-6,8,11,15H,2-4,7,9H2,1H3. The van der Waals surface area contributed by atoms with Crippen molar-refractivity contribution in [2.75, 3.05) is 25.0 Å². The van der Waals surface area contributed by atoms with Gasteiger partial charge in [0.25, 0.3) is 5.69 Å². The number of benzene rings is 1. The first-order valence-corrected chi connectivity index (χ1v) is 6.86. The number of nitrogens with one attached hydrogen (secondary N) is 1. The van der Waals surface area contributed by atoms with E-state index in [-0.39, 0.29) is 5.69 Å². The van der Waals surface area contributed by atoms with Gasteiger partial charge in [-0.3, -0.25) is 10.1 Å². The van der Waals surface area contributed by atoms with Crippen molar-refractivity contribution in [2.45, 2.75) is 25.3 Å². The Bertz CT molecular complexity index is 465. The van der Waals surface area contributed by atoms with Crippen LogP contribution < -0.4 is 10.2 Å². The molecule has 1 saturated heterocycles. The number of nitrogens with zero attached hydrogens (tertiary/aromatic N) is 2. The first kappa shape index (κ1) is 14.1. The summed E-state index contributed by atoms with van der Waals surface area (Å²) in [6.45, 7) is 1.84. The second-order valence-electron chi connectivity index (χ2n) is 4.79. The van der Waals surface area contributed by atoms with Gasteiger partial charge >= 0.3 is 0 Å². The van der Waals surface area contributed by atoms with Gasteiger partial charge in [0, 0.05) is 31.3 Å². The number of likely N-dealkylation sites (N-methyl/N-ethyl adjacent to an activating group) is 1. The molecule has 0 spiro atoms. The number of piperidine rings is 1. The lowest BCUT2D eigenvalue weighted by atomic mass is 10.0. The number of hydrogen-bond acceptors (Lipinski definition) is 4. The fourth-order valence-corrected chi connectivity index (χ4v) is 2.89. The molecule has 0 saturated carbocycles. The predicted molar refractivity (Wildman–Crippen MR) is 77.0 cm³/mol. The van der Waals surface area contributed by atoms with E-state index in [9.17, 15) is 10.1 Å². The molecular weight excluding hydrogens is 266 g/mol. The van der Waals surface area contributed by atoms with Gasteiger partial charge in [0.1, 0.15) is 0 Å². The zero-order chi connectivity index (χ0) is 13.8. The summed E-state index contributed by atoms with van der Waals surface area (Å²) >= 11 is 6.21. The smallest absolute Gasteiger partial charge is 0.271 e. The Balaban J connectivity index is 2.26. The van der Waals surface area contributed by atoms with Crippen LogP contribution in [0.1, 0.15) is 19.3 Å². The van der Waals surface area contributed by atoms with Crippen LogP contribution in [0.3, 0.4) is 0 Å². The van der Waals surface area contributed by atoms with Crippen LogP contribution in [0, 0.1) is 10.1 Å². The highest BCUT2D eigenvalue weighted by atomic mass is 35.5. The molecule has 1 aromatic rings. The van der Waals surface area contributed by atoms with Crippen LogP contribution in [0.5, 0.6) is 0 Å². The molecule has 1 aromatic carbocycles. The van der Waals surface area contributed by atoms with Crippen LogP contribution in [-0.2, 0) is 0 Å². The molecule has 5 nitrogen and oxygen atoms in total. The summed E-state index contributed by atoms with van der Waals surface area (Å²) in [5, 5.41) is 14.4. The molecule has 6 heteroatoms. The lowest BCUT2D eigenvalue weighted by Gasteiger charge is -2.38. The van der Waals surface area contributed by atoms with Crippen molar-refractivity contribution >= 4 is 23.0 Å². The minimum atomic E-state index is -0.420. The van der Waals surface area contributed by atoms with Crippen LogP contribution >= 0.6 is 11.6 Å². The van der Waals surface area contributed by atoms with E-state index in [0.717, 1.165) is 31.6 Å². The largest absolute Gasteiger partial charge is 0.366 e. The molecule has 1 heterocycles. The van der Waals surface area contributed by atoms with Gasteiger partial charge < -0.3 is 10.2 Å². The van der Waals surface area contributed by atoms with E-state index in [2.05, 4.69) is 10.2 Å². The molecule has 1 fully saturated rings. The quantitative estimate of drug-likeness (QED) is 0.682. The van der Waals surface area contributed by atoms with Gasteiger partial charge in [-0.1, -0.05) is 11.6 Å². The Hall–Kier alpha value is -1.33. The molecule has 104 valence electrons. The maximum Gasteiger partial charge on any atom is 0.271 e. The second kappa shape index (κ2) is 6.21. The normalized spacial score (nSPS) is 19.5. The third-order valence-corrected chi connectivity index (χ3v) is 3.82. The third-order valence-electron chi connectivity index (χ3n) is 3.52. The molecular formula is C13H18ClN3O2. The summed E-state index contributed by atoms with van der Waals surface area (Å²) in [4.78, 5) is 12.6. The maximum absolute atomic E-state index is 10.7. The first-order chi connectivity index (χ1) is 9.13. The molecule has 0 radical (unpaired) electrons. The number of rotatable bonds is 4. The van der Waals surface area contributed by atoms with Crippen LogP contribution in [0.4, 0.5) is 11.4 Å². The van der Waals surface area contributed by atoms with Crippen molar-refractivity contribution in [3.8, 4) is 0 Å². The molecule has 19 heavy (non-hydrogen) atoms. The SMILES string of the molecule is CNCC1CCCCN1c1ccc([N+](=O)[O-])cc1Cl. The summed E-state index contributed by atoms with van der Waals surface area (Å²) in [6.07, 6.45) is 3.47. The topological polar surface area (TPSA) is 58.4 Å². The minimum absolute atomic E-state index is 0.0379. The predicted octanol–water partition coefficient (Wildman–Crippen LogP) is 2.83. The van der Waals surface area contributed by atoms with E-state index in [1.807, 2.05) is 7.05 Å². The van der Waals surface area contributed by atoms with E-state index < -0.39 is 4.92 Å². The Morgan fingerprint density at radius 3 is 2.95 bits per heavy atom. The van der Waals surface area contributed by atoms with Crippen molar-refractivity contribution in [1.29, 1.82) is 0 Å². The molecule has 0 aliphatic carbocycles. The maximum atomic E-state index is 10.7. The van der Waals surface area contributed by atoms with E-state index >= 15 is 0 Å². The summed E-state index contributed by atoms with van der Waals surface area (Å²) in [6, 6.07) is 5.11. The monoisotopic (exact) mass is 283 g/mol. The Morgan fingerprint density at radius 2 is 2.32 bits per heavy atom. The molecule has 1 aliphatic heterocycles. The van der Waals surface area contributed by atoms with Crippen LogP contribution in [0.2, 0.25) is 5.02 Å². The summed E-state index contributed by atoms with van der Waals surface area (Å²) in [5.41, 5.74) is 0.933. The molecule has 1 N–H and O–H groups in total. The van der Waals surface area contributed by atoms with Crippen molar-refractivity contribution in [3.05, 3.63) is 33.3 Å². The number of halogens is 1. The van der Waals surface area contributed by atoms with E-state index in [4.69, 9.17) is 11.6 Å². The number of anilines is 1. The van der Waals surface area contributed by atoms with Gasteiger partial charge in [0.05, 0.1) is 15.6 Å². The lowest BCUT2D eigenvalue weighted by Crippen LogP contribution is -2.45. The van der Waals surface area contributed by atoms with Crippen molar-refractivity contribution in [2.24, 2.45) is 0 Å². The van der Waals surface area contributed by atoms with Crippen LogP contribution in [0.25, 0.3) is 0 Å². The Kier molecular flexibility index (Phi) is 4.61. The summed E-state index contributed by atoms with van der Waals surface area (Å²) in [7, 11) is 1.93. The number of non-ortho nitro benzene ring substituents is 1. The minimum Gasteiger partial charge on any atom is -0.366 e. The van der Waals surface area contributed by atoms with Gasteiger partial charge in [-0.15, -0.1) is 0 Å². The first-order valence-electron chi connectivity index (χ1n) is 6.48. The highest BCUT2D eigenvalue weighted by Gasteiger charge is 2.24. The second-order valence-corrected chi connectivity index (χ2v) is 5.20. The number of nitro benzene ring substituents is 1. The van der Waals surface area contributed by atoms with E-state index in [1.54, 1.807) is 6.07 Å². The Morgan fingerprint density at radius 1 is 1.53 bits per heavy atom. The van der Waals surface area contributed by atoms with E-state index in [0.29, 0.717) is 11.1 Å². The van der Waals surface area contributed by atoms with Crippen LogP contribution in [0.15, 0.2) is 18.2 Å². The van der Waals surface area contributed by atoms with Gasteiger partial charge in [-0.2, -0.15) is 0 Å². The van der Waals surface area contributed by atoms with Crippen molar-refractivity contribution in [1.82, 2.24) is 5.32 Å². The zero-order valence-corrected chi connectivity index (χ0v) is 11.7. The highest BCUT2D eigenvalue weighted by molar-refractivity contribution is 6.33. The fourth-order valence-electron chi connectivity index (χ4n) is 2.61. The molecule has 0 amide bonds. The summed E-state index contributed by atoms with van der Waals surface area (Å²) in [5.74, 6) is 0. The van der Waals surface area contributed by atoms with Crippen molar-refractivity contribution < 1.29 is 4.92 Å². The molecule has 1 unspecified atom stereocenters. The van der Waals surface area contributed by atoms with Gasteiger partial charge in [0.2, 0.25) is 0 Å². The summed E-state index contributed by atoms with van der Waals surface area (Å²) < 4.78 is 0. The molecule has 0 bridgehead atoms.